The van der Waals surface area contributed by atoms with E-state index in [2.05, 4.69) is 146 Å². The Morgan fingerprint density at radius 3 is 1.78 bits per heavy atom. The molecular weight excluding hydrogens is 664 g/mol. The highest BCUT2D eigenvalue weighted by molar-refractivity contribution is 9.10. The molecule has 4 nitrogen and oxygen atoms in total. The summed E-state index contributed by atoms with van der Waals surface area (Å²) in [7, 11) is 0. The summed E-state index contributed by atoms with van der Waals surface area (Å²) in [5, 5.41) is 21.2. The van der Waals surface area contributed by atoms with Crippen LogP contribution in [-0.2, 0) is 10.8 Å². The topological polar surface area (TPSA) is 85.6 Å². The number of nitrogens with two attached hydrogens (primary N) is 1. The van der Waals surface area contributed by atoms with E-state index in [-0.39, 0.29) is 10.8 Å². The standard InChI is InChI=1S/C22H18N2.C15H13Br.C7H5N2/c1-22(2)17-10-5-4-9-16(17)21-18(22)11-7-13-20(21)24-19-12-6-3-8-15(19)14-23;1-15(2)11-7-4-3-6-10(11)14-12(15)8-5-9-13(14)16;8-5-6-3-1-2-4-7(6)9/h3-13,24H,1-2H3;3-9H,1-2H3;1-3H,9H2/q;;+1. The van der Waals surface area contributed by atoms with Gasteiger partial charge in [0.1, 0.15) is 12.1 Å². The van der Waals surface area contributed by atoms with Crippen molar-refractivity contribution in [3.63, 3.8) is 0 Å². The van der Waals surface area contributed by atoms with E-state index in [1.165, 1.54) is 49.0 Å². The number of rotatable bonds is 2. The molecular formula is C44H36BrN4+. The van der Waals surface area contributed by atoms with Crippen LogP contribution in [0.25, 0.3) is 22.3 Å². The summed E-state index contributed by atoms with van der Waals surface area (Å²) in [4.78, 5) is 0. The van der Waals surface area contributed by atoms with Crippen LogP contribution in [0.1, 0.15) is 55.5 Å². The number of nitrogens with zero attached hydrogens (tertiary/aromatic N) is 2. The second kappa shape index (κ2) is 13.4. The molecule has 0 spiro atoms. The lowest BCUT2D eigenvalue weighted by molar-refractivity contribution is 0.660. The molecule has 0 radical (unpaired) electrons. The minimum absolute atomic E-state index is 0.0155. The summed E-state index contributed by atoms with van der Waals surface area (Å²) in [5.41, 5.74) is 19.7. The van der Waals surface area contributed by atoms with E-state index in [0.717, 1.165) is 11.4 Å². The molecule has 3 aliphatic carbocycles. The fourth-order valence-corrected chi connectivity index (χ4v) is 7.53. The summed E-state index contributed by atoms with van der Waals surface area (Å²) in [5.74, 6) is 0. The Labute approximate surface area is 297 Å². The van der Waals surface area contributed by atoms with Crippen LogP contribution in [0.2, 0.25) is 0 Å². The molecule has 0 heterocycles. The number of hydrogen-bond acceptors (Lipinski definition) is 4. The molecule has 5 aromatic rings. The quantitative estimate of drug-likeness (QED) is 0.180. The van der Waals surface area contributed by atoms with Crippen molar-refractivity contribution >= 4 is 27.3 Å². The van der Waals surface area contributed by atoms with Crippen molar-refractivity contribution in [2.45, 2.75) is 38.5 Å². The maximum Gasteiger partial charge on any atom is 0.219 e. The average Bonchev–Trinajstić information content (AvgIpc) is 3.50. The second-order valence-electron chi connectivity index (χ2n) is 13.1. The fourth-order valence-electron chi connectivity index (χ4n) is 6.95. The van der Waals surface area contributed by atoms with Crippen molar-refractivity contribution in [3.05, 3.63) is 177 Å². The smallest absolute Gasteiger partial charge is 0.219 e. The highest BCUT2D eigenvalue weighted by Crippen LogP contribution is 2.52. The van der Waals surface area contributed by atoms with Gasteiger partial charge in [0.05, 0.1) is 23.4 Å². The molecule has 0 saturated heterocycles. The molecule has 0 aliphatic heterocycles. The number of halogens is 1. The number of nitriles is 2. The molecule has 8 rings (SSSR count). The summed E-state index contributed by atoms with van der Waals surface area (Å²) in [6.07, 6.45) is 7.77. The van der Waals surface area contributed by atoms with Crippen molar-refractivity contribution in [2.24, 2.45) is 5.73 Å². The minimum Gasteiger partial charge on any atom is -0.368 e. The number of allylic oxidation sites excluding steroid dienone is 5. The first-order valence-corrected chi connectivity index (χ1v) is 16.9. The summed E-state index contributed by atoms with van der Waals surface area (Å²) < 4.78 is 1.20. The lowest BCUT2D eigenvalue weighted by atomic mass is 9.82. The molecule has 0 aromatic heterocycles. The normalized spacial score (nSPS) is 14.6. The zero-order valence-electron chi connectivity index (χ0n) is 28.0. The Morgan fingerprint density at radius 2 is 1.16 bits per heavy atom. The first-order chi connectivity index (χ1) is 23.6. The van der Waals surface area contributed by atoms with E-state index in [0.29, 0.717) is 16.8 Å². The molecule has 5 aromatic carbocycles. The summed E-state index contributed by atoms with van der Waals surface area (Å²) >= 11 is 3.67. The van der Waals surface area contributed by atoms with E-state index in [1.807, 2.05) is 30.3 Å². The molecule has 3 aliphatic rings. The third kappa shape index (κ3) is 6.08. The molecule has 0 amide bonds. The number of anilines is 2. The number of hydrogen-bond donors (Lipinski definition) is 2. The molecule has 0 fully saturated rings. The molecule has 0 unspecified atom stereocenters. The highest BCUT2D eigenvalue weighted by atomic mass is 79.9. The third-order valence-corrected chi connectivity index (χ3v) is 10.2. The number of benzene rings is 5. The van der Waals surface area contributed by atoms with Crippen LogP contribution in [0.3, 0.4) is 0 Å². The molecule has 3 N–H and O–H groups in total. The monoisotopic (exact) mass is 699 g/mol. The minimum atomic E-state index is -0.0155. The Hall–Kier alpha value is -5.71. The Bertz CT molecular complexity index is 2260. The largest absolute Gasteiger partial charge is 0.368 e. The SMILES string of the molecule is CC1(C)c2ccccc2-c2c(Br)cccc21.CC1(C)c2ccccc2-c2c(Nc3ccccc3C#N)cccc21.N#CC1=CC=C[C+]=C1N. The van der Waals surface area contributed by atoms with Crippen LogP contribution in [0, 0.1) is 28.7 Å². The molecule has 0 atom stereocenters. The predicted octanol–water partition coefficient (Wildman–Crippen LogP) is 11.0. The van der Waals surface area contributed by atoms with Crippen LogP contribution < -0.4 is 11.1 Å². The van der Waals surface area contributed by atoms with Crippen molar-refractivity contribution in [1.82, 2.24) is 0 Å². The summed E-state index contributed by atoms with van der Waals surface area (Å²) in [6, 6.07) is 42.0. The Morgan fingerprint density at radius 1 is 0.633 bits per heavy atom. The average molecular weight is 701 g/mol. The van der Waals surface area contributed by atoms with E-state index in [4.69, 9.17) is 11.0 Å². The van der Waals surface area contributed by atoms with E-state index >= 15 is 0 Å². The first-order valence-electron chi connectivity index (χ1n) is 16.1. The fraction of sp³-hybridized carbons (Fsp3) is 0.136. The van der Waals surface area contributed by atoms with Gasteiger partial charge >= 0.3 is 0 Å². The van der Waals surface area contributed by atoms with Gasteiger partial charge in [-0.3, -0.25) is 0 Å². The maximum atomic E-state index is 9.34. The van der Waals surface area contributed by atoms with Gasteiger partial charge in [-0.05, 0) is 57.6 Å². The Balaban J connectivity index is 0.000000143. The van der Waals surface area contributed by atoms with Crippen molar-refractivity contribution < 1.29 is 0 Å². The van der Waals surface area contributed by atoms with Crippen LogP contribution >= 0.6 is 15.9 Å². The van der Waals surface area contributed by atoms with Gasteiger partial charge < -0.3 is 11.1 Å². The van der Waals surface area contributed by atoms with Crippen LogP contribution in [-0.4, -0.2) is 0 Å². The molecule has 0 bridgehead atoms. The lowest BCUT2D eigenvalue weighted by Gasteiger charge is -2.21. The van der Waals surface area contributed by atoms with Crippen LogP contribution in [0.4, 0.5) is 11.4 Å². The van der Waals surface area contributed by atoms with E-state index in [1.54, 1.807) is 18.2 Å². The maximum absolute atomic E-state index is 9.34. The van der Waals surface area contributed by atoms with E-state index in [9.17, 15) is 5.26 Å². The molecule has 49 heavy (non-hydrogen) atoms. The van der Waals surface area contributed by atoms with Gasteiger partial charge in [0, 0.05) is 38.2 Å². The van der Waals surface area contributed by atoms with Crippen molar-refractivity contribution in [1.29, 1.82) is 10.5 Å². The van der Waals surface area contributed by atoms with Gasteiger partial charge in [-0.1, -0.05) is 129 Å². The van der Waals surface area contributed by atoms with Gasteiger partial charge in [0.2, 0.25) is 5.70 Å². The van der Waals surface area contributed by atoms with Crippen molar-refractivity contribution in [2.75, 3.05) is 5.32 Å². The molecule has 0 saturated carbocycles. The zero-order valence-corrected chi connectivity index (χ0v) is 29.6. The van der Waals surface area contributed by atoms with Gasteiger partial charge in [0.25, 0.3) is 0 Å². The second-order valence-corrected chi connectivity index (χ2v) is 14.0. The van der Waals surface area contributed by atoms with Crippen LogP contribution in [0.15, 0.2) is 143 Å². The number of fused-ring (bicyclic) bond motifs is 6. The van der Waals surface area contributed by atoms with Gasteiger partial charge in [-0.25, -0.2) is 0 Å². The van der Waals surface area contributed by atoms with Crippen LogP contribution in [0.5, 0.6) is 0 Å². The highest BCUT2D eigenvalue weighted by Gasteiger charge is 2.37. The number of nitrogens with one attached hydrogen (secondary N) is 1. The molecule has 5 heteroatoms. The van der Waals surface area contributed by atoms with Gasteiger partial charge in [-0.2, -0.15) is 10.5 Å². The predicted molar refractivity (Wildman–Crippen MR) is 204 cm³/mol. The zero-order chi connectivity index (χ0) is 34.8. The molecule has 238 valence electrons. The van der Waals surface area contributed by atoms with Gasteiger partial charge in [-0.15, -0.1) is 0 Å². The summed E-state index contributed by atoms with van der Waals surface area (Å²) in [6.45, 7) is 9.13. The van der Waals surface area contributed by atoms with Crippen molar-refractivity contribution in [3.8, 4) is 34.4 Å². The third-order valence-electron chi connectivity index (χ3n) is 9.49. The lowest BCUT2D eigenvalue weighted by Crippen LogP contribution is -2.14. The van der Waals surface area contributed by atoms with E-state index < -0.39 is 0 Å². The number of para-hydroxylation sites is 1. The van der Waals surface area contributed by atoms with Gasteiger partial charge in [0.15, 0.2) is 11.6 Å². The Kier molecular flexibility index (Phi) is 9.09. The first kappa shape index (κ1) is 33.2.